The van der Waals surface area contributed by atoms with Gasteiger partial charge in [0.05, 0.1) is 5.69 Å². The van der Waals surface area contributed by atoms with E-state index in [0.717, 1.165) is 15.7 Å². The molecule has 0 bridgehead atoms. The molecule has 1 aromatic heterocycles. The van der Waals surface area contributed by atoms with Crippen LogP contribution < -0.4 is 11.1 Å². The Morgan fingerprint density at radius 2 is 2.11 bits per heavy atom. The zero-order valence-corrected chi connectivity index (χ0v) is 11.9. The third-order valence-corrected chi connectivity index (χ3v) is 3.20. The molecule has 0 amide bonds. The Labute approximate surface area is 118 Å². The van der Waals surface area contributed by atoms with Gasteiger partial charge in [0.1, 0.15) is 5.52 Å². The number of rotatable bonds is 2. The van der Waals surface area contributed by atoms with Crippen molar-refractivity contribution in [1.82, 2.24) is 4.98 Å². The number of nitrogens with two attached hydrogens (primary N) is 1. The fourth-order valence-corrected chi connectivity index (χ4v) is 2.56. The van der Waals surface area contributed by atoms with Crippen molar-refractivity contribution in [2.24, 2.45) is 0 Å². The summed E-state index contributed by atoms with van der Waals surface area (Å²) in [7, 11) is 0. The van der Waals surface area contributed by atoms with Crippen LogP contribution in [-0.2, 0) is 0 Å². The van der Waals surface area contributed by atoms with E-state index in [0.29, 0.717) is 22.8 Å². The largest absolute Gasteiger partial charge is 0.423 e. The summed E-state index contributed by atoms with van der Waals surface area (Å²) in [6, 6.07) is 11.9. The molecule has 19 heavy (non-hydrogen) atoms. The molecule has 1 heterocycles. The molecular weight excluding hydrogens is 306 g/mol. The quantitative estimate of drug-likeness (QED) is 0.694. The van der Waals surface area contributed by atoms with Crippen molar-refractivity contribution in [3.05, 3.63) is 46.4 Å². The van der Waals surface area contributed by atoms with Crippen molar-refractivity contribution in [3.8, 4) is 0 Å². The van der Waals surface area contributed by atoms with Gasteiger partial charge in [-0.15, -0.1) is 0 Å². The van der Waals surface area contributed by atoms with Gasteiger partial charge in [-0.1, -0.05) is 22.0 Å². The summed E-state index contributed by atoms with van der Waals surface area (Å²) in [5.41, 5.74) is 9.88. The van der Waals surface area contributed by atoms with E-state index < -0.39 is 0 Å². The van der Waals surface area contributed by atoms with Crippen molar-refractivity contribution in [3.63, 3.8) is 0 Å². The maximum atomic E-state index is 5.85. The minimum atomic E-state index is 0.436. The Bertz CT molecular complexity index is 731. The van der Waals surface area contributed by atoms with Gasteiger partial charge in [0.2, 0.25) is 0 Å². The van der Waals surface area contributed by atoms with Gasteiger partial charge in [-0.05, 0) is 42.8 Å². The number of anilines is 3. The molecular formula is C14H12BrN3O. The van der Waals surface area contributed by atoms with Crippen LogP contribution in [0.15, 0.2) is 45.3 Å². The molecule has 0 radical (unpaired) electrons. The topological polar surface area (TPSA) is 64.1 Å². The molecule has 3 rings (SSSR count). The highest BCUT2D eigenvalue weighted by atomic mass is 79.9. The summed E-state index contributed by atoms with van der Waals surface area (Å²) in [6.07, 6.45) is 0. The first kappa shape index (κ1) is 12.0. The van der Waals surface area contributed by atoms with E-state index in [-0.39, 0.29) is 0 Å². The Kier molecular flexibility index (Phi) is 2.91. The Morgan fingerprint density at radius 3 is 2.84 bits per heavy atom. The van der Waals surface area contributed by atoms with Crippen LogP contribution in [0, 0.1) is 6.92 Å². The van der Waals surface area contributed by atoms with Crippen LogP contribution in [0.25, 0.3) is 11.1 Å². The molecule has 2 aromatic carbocycles. The highest BCUT2D eigenvalue weighted by molar-refractivity contribution is 9.10. The number of hydrogen-bond acceptors (Lipinski definition) is 4. The lowest BCUT2D eigenvalue weighted by atomic mass is 10.2. The van der Waals surface area contributed by atoms with E-state index in [1.54, 1.807) is 6.07 Å². The fraction of sp³-hybridized carbons (Fsp3) is 0.0714. The second-order valence-electron chi connectivity index (χ2n) is 4.36. The van der Waals surface area contributed by atoms with E-state index in [4.69, 9.17) is 10.2 Å². The molecule has 4 nitrogen and oxygen atoms in total. The van der Waals surface area contributed by atoms with Crippen LogP contribution >= 0.6 is 15.9 Å². The van der Waals surface area contributed by atoms with Crippen LogP contribution in [0.2, 0.25) is 0 Å². The van der Waals surface area contributed by atoms with Crippen LogP contribution in [0.3, 0.4) is 0 Å². The van der Waals surface area contributed by atoms with Crippen LogP contribution in [0.5, 0.6) is 0 Å². The van der Waals surface area contributed by atoms with Gasteiger partial charge in [0.15, 0.2) is 5.58 Å². The summed E-state index contributed by atoms with van der Waals surface area (Å²) < 4.78 is 6.62. The van der Waals surface area contributed by atoms with E-state index in [1.165, 1.54) is 0 Å². The van der Waals surface area contributed by atoms with Crippen molar-refractivity contribution >= 4 is 44.4 Å². The van der Waals surface area contributed by atoms with Crippen molar-refractivity contribution < 1.29 is 4.42 Å². The highest BCUT2D eigenvalue weighted by Gasteiger charge is 2.08. The number of para-hydroxylation sites is 1. The Morgan fingerprint density at radius 1 is 1.26 bits per heavy atom. The zero-order chi connectivity index (χ0) is 13.4. The second-order valence-corrected chi connectivity index (χ2v) is 5.27. The second kappa shape index (κ2) is 4.59. The summed E-state index contributed by atoms with van der Waals surface area (Å²) >= 11 is 3.46. The van der Waals surface area contributed by atoms with Gasteiger partial charge in [0.25, 0.3) is 6.01 Å². The van der Waals surface area contributed by atoms with Crippen molar-refractivity contribution in [2.45, 2.75) is 6.92 Å². The number of aromatic nitrogens is 1. The lowest BCUT2D eigenvalue weighted by Gasteiger charge is -2.03. The smallest absolute Gasteiger partial charge is 0.300 e. The van der Waals surface area contributed by atoms with Gasteiger partial charge >= 0.3 is 0 Å². The predicted molar refractivity (Wildman–Crippen MR) is 80.6 cm³/mol. The van der Waals surface area contributed by atoms with Crippen LogP contribution in [0.4, 0.5) is 17.4 Å². The molecule has 0 aliphatic heterocycles. The van der Waals surface area contributed by atoms with Crippen molar-refractivity contribution in [2.75, 3.05) is 11.1 Å². The molecule has 3 aromatic rings. The number of nitrogen functional groups attached to an aromatic ring is 1. The molecule has 0 aliphatic rings. The van der Waals surface area contributed by atoms with E-state index in [2.05, 4.69) is 26.2 Å². The third-order valence-electron chi connectivity index (χ3n) is 2.74. The number of benzene rings is 2. The number of hydrogen-bond donors (Lipinski definition) is 2. The molecule has 0 unspecified atom stereocenters. The summed E-state index contributed by atoms with van der Waals surface area (Å²) in [5, 5.41) is 3.14. The number of nitrogens with one attached hydrogen (secondary N) is 1. The van der Waals surface area contributed by atoms with E-state index >= 15 is 0 Å². The normalized spacial score (nSPS) is 10.8. The summed E-state index contributed by atoms with van der Waals surface area (Å²) in [6.45, 7) is 2.03. The zero-order valence-electron chi connectivity index (χ0n) is 10.3. The lowest BCUT2D eigenvalue weighted by Crippen LogP contribution is -1.91. The minimum absolute atomic E-state index is 0.436. The minimum Gasteiger partial charge on any atom is -0.423 e. The molecule has 0 saturated heterocycles. The van der Waals surface area contributed by atoms with Crippen molar-refractivity contribution in [1.29, 1.82) is 0 Å². The average Bonchev–Trinajstić information content (AvgIpc) is 2.71. The number of nitrogens with zero attached hydrogens (tertiary/aromatic N) is 1. The third kappa shape index (κ3) is 2.42. The molecule has 0 aliphatic carbocycles. The first-order valence-corrected chi connectivity index (χ1v) is 6.60. The van der Waals surface area contributed by atoms with Crippen LogP contribution in [0.1, 0.15) is 5.56 Å². The number of oxazole rings is 1. The number of aryl methyl sites for hydroxylation is 1. The molecule has 0 saturated carbocycles. The van der Waals surface area contributed by atoms with E-state index in [1.807, 2.05) is 37.3 Å². The average molecular weight is 318 g/mol. The van der Waals surface area contributed by atoms with Gasteiger partial charge in [-0.25, -0.2) is 0 Å². The summed E-state index contributed by atoms with van der Waals surface area (Å²) in [5.74, 6) is 0. The highest BCUT2D eigenvalue weighted by Crippen LogP contribution is 2.27. The van der Waals surface area contributed by atoms with Gasteiger partial charge in [-0.3, -0.25) is 0 Å². The number of fused-ring (bicyclic) bond motifs is 1. The molecule has 96 valence electrons. The summed E-state index contributed by atoms with van der Waals surface area (Å²) in [4.78, 5) is 4.35. The molecule has 0 spiro atoms. The first-order valence-electron chi connectivity index (χ1n) is 5.81. The van der Waals surface area contributed by atoms with Gasteiger partial charge in [0, 0.05) is 10.2 Å². The van der Waals surface area contributed by atoms with Gasteiger partial charge < -0.3 is 15.5 Å². The monoisotopic (exact) mass is 317 g/mol. The first-order chi connectivity index (χ1) is 9.11. The molecule has 0 atom stereocenters. The maximum absolute atomic E-state index is 5.85. The SMILES string of the molecule is Cc1cc(Br)cc(Nc2nc3c(N)cccc3o2)c1. The van der Waals surface area contributed by atoms with E-state index in [9.17, 15) is 0 Å². The Hall–Kier alpha value is -2.01. The van der Waals surface area contributed by atoms with Crippen LogP contribution in [-0.4, -0.2) is 4.98 Å². The maximum Gasteiger partial charge on any atom is 0.300 e. The molecule has 5 heteroatoms. The predicted octanol–water partition coefficient (Wildman–Crippen LogP) is 4.22. The molecule has 3 N–H and O–H groups in total. The lowest BCUT2D eigenvalue weighted by molar-refractivity contribution is 0.623. The molecule has 0 fully saturated rings. The number of halogens is 1. The Balaban J connectivity index is 1.99. The van der Waals surface area contributed by atoms with Gasteiger partial charge in [-0.2, -0.15) is 4.98 Å². The fourth-order valence-electron chi connectivity index (χ4n) is 1.96. The standard InChI is InChI=1S/C14H12BrN3O/c1-8-5-9(15)7-10(6-8)17-14-18-13-11(16)3-2-4-12(13)19-14/h2-7H,16H2,1H3,(H,17,18).